The summed E-state index contributed by atoms with van der Waals surface area (Å²) in [6.07, 6.45) is 0. The van der Waals surface area contributed by atoms with Gasteiger partial charge in [0, 0.05) is 25.0 Å². The van der Waals surface area contributed by atoms with E-state index >= 15 is 0 Å². The standard InChI is InChI=1S/C45H30B2S2/c1-45(2)33-24-28(27-10-4-3-5-11-27)18-21-31(33)32-22-19-29(25-34(32)45)30-20-23-36-42(26-30)49-41-17-9-13-37-44(41)47(36)38-14-8-16-40-43(38)46(37)35-12-6-7-15-39(35)48-40/h3-26H,1-2H3. The van der Waals surface area contributed by atoms with E-state index in [-0.39, 0.29) is 12.1 Å². The van der Waals surface area contributed by atoms with Gasteiger partial charge in [-0.25, -0.2) is 0 Å². The van der Waals surface area contributed by atoms with Crippen molar-refractivity contribution in [2.45, 2.75) is 38.8 Å². The van der Waals surface area contributed by atoms with E-state index in [4.69, 9.17) is 0 Å². The van der Waals surface area contributed by atoms with Gasteiger partial charge in [0.1, 0.15) is 0 Å². The Balaban J connectivity index is 1.02. The zero-order valence-corrected chi connectivity index (χ0v) is 29.0. The van der Waals surface area contributed by atoms with Crippen molar-refractivity contribution in [1.29, 1.82) is 0 Å². The maximum Gasteiger partial charge on any atom is 0.242 e. The summed E-state index contributed by atoms with van der Waals surface area (Å²) in [5.74, 6) is 0. The van der Waals surface area contributed by atoms with Crippen molar-refractivity contribution in [3.05, 3.63) is 157 Å². The lowest BCUT2D eigenvalue weighted by molar-refractivity contribution is 0.661. The molecule has 1 aliphatic carbocycles. The van der Waals surface area contributed by atoms with E-state index < -0.39 is 0 Å². The molecule has 0 aromatic heterocycles. The van der Waals surface area contributed by atoms with Gasteiger partial charge in [-0.05, 0) is 80.9 Å². The minimum absolute atomic E-state index is 0.0779. The van der Waals surface area contributed by atoms with Crippen LogP contribution in [-0.2, 0) is 5.41 Å². The minimum Gasteiger partial charge on any atom is -0.0912 e. The summed E-state index contributed by atoms with van der Waals surface area (Å²) in [4.78, 5) is 5.58. The van der Waals surface area contributed by atoms with Crippen molar-refractivity contribution in [2.24, 2.45) is 0 Å². The van der Waals surface area contributed by atoms with E-state index in [0.717, 1.165) is 0 Å². The first-order valence-electron chi connectivity index (χ1n) is 17.2. The Kier molecular flexibility index (Phi) is 5.88. The lowest BCUT2D eigenvalue weighted by Crippen LogP contribution is -2.77. The maximum absolute atomic E-state index is 2.46. The van der Waals surface area contributed by atoms with Crippen LogP contribution in [0.3, 0.4) is 0 Å². The van der Waals surface area contributed by atoms with Gasteiger partial charge in [-0.15, -0.1) is 0 Å². The van der Waals surface area contributed by atoms with Crippen LogP contribution in [0.1, 0.15) is 25.0 Å². The second kappa shape index (κ2) is 10.2. The monoisotopic (exact) mass is 656 g/mol. The number of hydrogen-bond donors (Lipinski definition) is 0. The molecule has 4 aliphatic rings. The highest BCUT2D eigenvalue weighted by Gasteiger charge is 2.45. The van der Waals surface area contributed by atoms with Crippen LogP contribution in [0, 0.1) is 0 Å². The summed E-state index contributed by atoms with van der Waals surface area (Å²) < 4.78 is 0. The zero-order chi connectivity index (χ0) is 32.4. The molecule has 0 saturated heterocycles. The Morgan fingerprint density at radius 1 is 0.388 bits per heavy atom. The first-order valence-corrected chi connectivity index (χ1v) is 18.9. The van der Waals surface area contributed by atoms with Crippen LogP contribution < -0.4 is 32.8 Å². The topological polar surface area (TPSA) is 0 Å². The van der Waals surface area contributed by atoms with Crippen LogP contribution in [0.2, 0.25) is 0 Å². The molecule has 3 aliphatic heterocycles. The van der Waals surface area contributed by atoms with Crippen LogP contribution in [0.15, 0.2) is 165 Å². The molecule has 0 radical (unpaired) electrons. The summed E-state index contributed by atoms with van der Waals surface area (Å²) in [6.45, 7) is 5.32. The molecule has 0 fully saturated rings. The Morgan fingerprint density at radius 2 is 0.878 bits per heavy atom. The van der Waals surface area contributed by atoms with Crippen molar-refractivity contribution in [3.63, 3.8) is 0 Å². The third-order valence-electron chi connectivity index (χ3n) is 11.5. The minimum atomic E-state index is -0.0779. The van der Waals surface area contributed by atoms with E-state index in [0.29, 0.717) is 6.71 Å². The molecular formula is C45H30B2S2. The maximum atomic E-state index is 2.46. The van der Waals surface area contributed by atoms with Crippen LogP contribution in [0.5, 0.6) is 0 Å². The normalized spacial score (nSPS) is 15.1. The molecule has 11 rings (SSSR count). The van der Waals surface area contributed by atoms with Gasteiger partial charge < -0.3 is 0 Å². The predicted octanol–water partition coefficient (Wildman–Crippen LogP) is 7.60. The fourth-order valence-corrected chi connectivity index (χ4v) is 11.6. The third-order valence-corrected chi connectivity index (χ3v) is 13.8. The second-order valence-corrected chi connectivity index (χ2v) is 16.6. The van der Waals surface area contributed by atoms with E-state index in [2.05, 4.69) is 159 Å². The number of rotatable bonds is 2. The SMILES string of the molecule is CC1(C)c2cc(-c3ccccc3)ccc2-c2ccc(-c3ccc4c(c3)Sc3cccc5c3B4c3cccc4c3B5c3ccccc3S4)cc21. The van der Waals surface area contributed by atoms with Crippen molar-refractivity contribution in [2.75, 3.05) is 0 Å². The molecule has 0 spiro atoms. The summed E-state index contributed by atoms with van der Waals surface area (Å²) in [7, 11) is 0. The molecule has 7 aromatic carbocycles. The molecule has 4 heteroatoms. The summed E-state index contributed by atoms with van der Waals surface area (Å²) in [5.41, 5.74) is 19.5. The molecule has 0 saturated carbocycles. The molecule has 0 bridgehead atoms. The molecule has 49 heavy (non-hydrogen) atoms. The van der Waals surface area contributed by atoms with Gasteiger partial charge in [-0.3, -0.25) is 0 Å². The van der Waals surface area contributed by atoms with Gasteiger partial charge in [0.05, 0.1) is 0 Å². The van der Waals surface area contributed by atoms with Crippen molar-refractivity contribution in [1.82, 2.24) is 0 Å². The first-order chi connectivity index (χ1) is 24.0. The molecule has 7 aromatic rings. The Morgan fingerprint density at radius 3 is 1.55 bits per heavy atom. The lowest BCUT2D eigenvalue weighted by atomic mass is 9.21. The zero-order valence-electron chi connectivity index (χ0n) is 27.3. The van der Waals surface area contributed by atoms with E-state index in [1.54, 1.807) is 0 Å². The first kappa shape index (κ1) is 28.2. The smallest absolute Gasteiger partial charge is 0.0912 e. The van der Waals surface area contributed by atoms with Gasteiger partial charge in [-0.2, -0.15) is 0 Å². The van der Waals surface area contributed by atoms with Gasteiger partial charge in [0.25, 0.3) is 0 Å². The molecule has 0 N–H and O–H groups in total. The Bertz CT molecular complexity index is 2550. The number of benzene rings is 7. The predicted molar refractivity (Wildman–Crippen MR) is 212 cm³/mol. The van der Waals surface area contributed by atoms with Gasteiger partial charge in [0.15, 0.2) is 0 Å². The molecular weight excluding hydrogens is 626 g/mol. The molecule has 0 amide bonds. The van der Waals surface area contributed by atoms with E-state index in [1.807, 2.05) is 23.5 Å². The second-order valence-electron chi connectivity index (χ2n) is 14.4. The van der Waals surface area contributed by atoms with Gasteiger partial charge in [0.2, 0.25) is 13.4 Å². The average molecular weight is 656 g/mol. The van der Waals surface area contributed by atoms with Gasteiger partial charge in [-0.1, -0.05) is 179 Å². The van der Waals surface area contributed by atoms with Crippen LogP contribution in [0.4, 0.5) is 0 Å². The quantitative estimate of drug-likeness (QED) is 0.176. The van der Waals surface area contributed by atoms with Crippen molar-refractivity contribution in [3.8, 4) is 33.4 Å². The highest BCUT2D eigenvalue weighted by molar-refractivity contribution is 8.00. The molecule has 0 unspecified atom stereocenters. The van der Waals surface area contributed by atoms with Crippen LogP contribution in [0.25, 0.3) is 33.4 Å². The number of fused-ring (bicyclic) bond motifs is 9. The fraction of sp³-hybridized carbons (Fsp3) is 0.0667. The number of hydrogen-bond acceptors (Lipinski definition) is 2. The summed E-state index contributed by atoms with van der Waals surface area (Å²) in [5, 5.41) is 0. The molecule has 0 atom stereocenters. The largest absolute Gasteiger partial charge is 0.242 e. The van der Waals surface area contributed by atoms with E-state index in [9.17, 15) is 0 Å². The van der Waals surface area contributed by atoms with Crippen LogP contribution >= 0.6 is 23.5 Å². The lowest BCUT2D eigenvalue weighted by Gasteiger charge is -2.39. The Labute approximate surface area is 297 Å². The summed E-state index contributed by atoms with van der Waals surface area (Å²) in [6, 6.07) is 55.3. The third kappa shape index (κ3) is 3.93. The molecule has 0 nitrogen and oxygen atoms in total. The fourth-order valence-electron chi connectivity index (χ4n) is 9.20. The van der Waals surface area contributed by atoms with Crippen molar-refractivity contribution < 1.29 is 0 Å². The Hall–Kier alpha value is -4.63. The average Bonchev–Trinajstić information content (AvgIpc) is 3.37. The highest BCUT2D eigenvalue weighted by atomic mass is 32.2. The summed E-state index contributed by atoms with van der Waals surface area (Å²) >= 11 is 3.90. The van der Waals surface area contributed by atoms with Crippen LogP contribution in [-0.4, -0.2) is 13.4 Å². The highest BCUT2D eigenvalue weighted by Crippen LogP contribution is 2.50. The van der Waals surface area contributed by atoms with E-state index in [1.165, 1.54) is 96.9 Å². The van der Waals surface area contributed by atoms with Gasteiger partial charge >= 0.3 is 0 Å². The van der Waals surface area contributed by atoms with Crippen molar-refractivity contribution >= 4 is 69.7 Å². The molecule has 228 valence electrons. The molecule has 3 heterocycles.